The number of benzene rings is 2. The first kappa shape index (κ1) is 18.2. The highest BCUT2D eigenvalue weighted by molar-refractivity contribution is 5.98. The molecule has 1 aliphatic carbocycles. The molecule has 0 radical (unpaired) electrons. The first-order valence-electron chi connectivity index (χ1n) is 9.58. The smallest absolute Gasteiger partial charge is 0.339 e. The summed E-state index contributed by atoms with van der Waals surface area (Å²) in [6.45, 7) is 0.647. The third kappa shape index (κ3) is 4.06. The van der Waals surface area contributed by atoms with Gasteiger partial charge in [-0.3, -0.25) is 9.59 Å². The van der Waals surface area contributed by atoms with E-state index in [9.17, 15) is 14.4 Å². The van der Waals surface area contributed by atoms with E-state index in [-0.39, 0.29) is 17.9 Å². The van der Waals surface area contributed by atoms with Gasteiger partial charge in [-0.25, -0.2) is 4.79 Å². The molecule has 0 bridgehead atoms. The van der Waals surface area contributed by atoms with Crippen LogP contribution in [0.1, 0.15) is 47.7 Å². The van der Waals surface area contributed by atoms with Crippen LogP contribution in [0.15, 0.2) is 54.6 Å². The lowest BCUT2D eigenvalue weighted by Gasteiger charge is -2.19. The zero-order valence-electron chi connectivity index (χ0n) is 15.5. The van der Waals surface area contributed by atoms with Gasteiger partial charge in [0, 0.05) is 30.3 Å². The van der Waals surface area contributed by atoms with Crippen LogP contribution in [-0.2, 0) is 14.3 Å². The lowest BCUT2D eigenvalue weighted by Crippen LogP contribution is -2.33. The Morgan fingerprint density at radius 2 is 1.86 bits per heavy atom. The largest absolute Gasteiger partial charge is 0.444 e. The average molecular weight is 378 g/mol. The van der Waals surface area contributed by atoms with Gasteiger partial charge in [0.1, 0.15) is 0 Å². The standard InChI is InChI=1S/C22H22N2O4/c25-19-10-5-13-24(19)18-9-4-8-16(14-18)22(27)28-20(15-6-2-1-3-7-15)21(26)23-17-11-12-17/h1-4,6-9,14,17,20H,5,10-13H2,(H,23,26)/t20-/m1/s1. The maximum Gasteiger partial charge on any atom is 0.339 e. The molecule has 4 rings (SSSR count). The van der Waals surface area contributed by atoms with Gasteiger partial charge in [-0.15, -0.1) is 0 Å². The van der Waals surface area contributed by atoms with E-state index in [1.165, 1.54) is 0 Å². The van der Waals surface area contributed by atoms with Crippen LogP contribution < -0.4 is 10.2 Å². The fourth-order valence-corrected chi connectivity index (χ4v) is 3.30. The molecule has 6 heteroatoms. The minimum Gasteiger partial charge on any atom is -0.444 e. The number of nitrogens with zero attached hydrogens (tertiary/aromatic N) is 1. The summed E-state index contributed by atoms with van der Waals surface area (Å²) in [5.74, 6) is -0.849. The molecule has 0 aromatic heterocycles. The average Bonchev–Trinajstić information content (AvgIpc) is 3.43. The molecule has 2 aliphatic rings. The second-order valence-electron chi connectivity index (χ2n) is 7.18. The summed E-state index contributed by atoms with van der Waals surface area (Å²) in [4.78, 5) is 39.1. The molecule has 144 valence electrons. The predicted molar refractivity (Wildman–Crippen MR) is 104 cm³/mol. The first-order valence-corrected chi connectivity index (χ1v) is 9.58. The summed E-state index contributed by atoms with van der Waals surface area (Å²) < 4.78 is 5.60. The molecular formula is C22H22N2O4. The van der Waals surface area contributed by atoms with Crippen LogP contribution in [0.5, 0.6) is 0 Å². The third-order valence-corrected chi connectivity index (χ3v) is 4.96. The highest BCUT2D eigenvalue weighted by Gasteiger charge is 2.31. The molecule has 0 spiro atoms. The summed E-state index contributed by atoms with van der Waals surface area (Å²) in [7, 11) is 0. The van der Waals surface area contributed by atoms with E-state index in [4.69, 9.17) is 4.74 Å². The molecule has 1 saturated carbocycles. The Morgan fingerprint density at radius 3 is 2.54 bits per heavy atom. The van der Waals surface area contributed by atoms with Crippen LogP contribution in [0, 0.1) is 0 Å². The second kappa shape index (κ2) is 7.84. The molecule has 28 heavy (non-hydrogen) atoms. The van der Waals surface area contributed by atoms with Gasteiger partial charge in [0.15, 0.2) is 0 Å². The van der Waals surface area contributed by atoms with Gasteiger partial charge in [0.05, 0.1) is 5.56 Å². The molecule has 1 atom stereocenters. The van der Waals surface area contributed by atoms with Gasteiger partial charge < -0.3 is 15.0 Å². The molecule has 6 nitrogen and oxygen atoms in total. The summed E-state index contributed by atoms with van der Waals surface area (Å²) in [5.41, 5.74) is 1.62. The fraction of sp³-hybridized carbons (Fsp3) is 0.318. The van der Waals surface area contributed by atoms with Crippen molar-refractivity contribution in [2.75, 3.05) is 11.4 Å². The highest BCUT2D eigenvalue weighted by atomic mass is 16.5. The van der Waals surface area contributed by atoms with E-state index in [0.717, 1.165) is 19.3 Å². The molecule has 2 aromatic rings. The van der Waals surface area contributed by atoms with Crippen LogP contribution in [0.4, 0.5) is 5.69 Å². The molecular weight excluding hydrogens is 356 g/mol. The third-order valence-electron chi connectivity index (χ3n) is 4.96. The van der Waals surface area contributed by atoms with E-state index in [1.54, 1.807) is 53.4 Å². The van der Waals surface area contributed by atoms with Crippen molar-refractivity contribution in [3.63, 3.8) is 0 Å². The summed E-state index contributed by atoms with van der Waals surface area (Å²) >= 11 is 0. The number of amides is 2. The molecule has 0 unspecified atom stereocenters. The molecule has 2 fully saturated rings. The monoisotopic (exact) mass is 378 g/mol. The fourth-order valence-electron chi connectivity index (χ4n) is 3.30. The van der Waals surface area contributed by atoms with Gasteiger partial charge in [0.25, 0.3) is 5.91 Å². The molecule has 1 N–H and O–H groups in total. The Bertz CT molecular complexity index is 892. The van der Waals surface area contributed by atoms with Crippen molar-refractivity contribution in [1.29, 1.82) is 0 Å². The number of carbonyl (C=O) groups excluding carboxylic acids is 3. The minimum atomic E-state index is -1.01. The number of hydrogen-bond donors (Lipinski definition) is 1. The Balaban J connectivity index is 1.54. The van der Waals surface area contributed by atoms with Gasteiger partial charge in [-0.1, -0.05) is 36.4 Å². The Kier molecular flexibility index (Phi) is 5.10. The number of esters is 1. The van der Waals surface area contributed by atoms with Crippen LogP contribution >= 0.6 is 0 Å². The van der Waals surface area contributed by atoms with E-state index >= 15 is 0 Å². The first-order chi connectivity index (χ1) is 13.6. The minimum absolute atomic E-state index is 0.0523. The summed E-state index contributed by atoms with van der Waals surface area (Å²) in [6.07, 6.45) is 2.23. The van der Waals surface area contributed by atoms with E-state index in [1.807, 2.05) is 6.07 Å². The molecule has 2 amide bonds. The van der Waals surface area contributed by atoms with E-state index < -0.39 is 12.1 Å². The van der Waals surface area contributed by atoms with Gasteiger partial charge in [-0.2, -0.15) is 0 Å². The SMILES string of the molecule is O=C(O[C@@H](C(=O)NC1CC1)c1ccccc1)c1cccc(N2CCCC2=O)c1. The maximum absolute atomic E-state index is 12.8. The van der Waals surface area contributed by atoms with Crippen molar-refractivity contribution in [2.45, 2.75) is 37.8 Å². The van der Waals surface area contributed by atoms with Crippen molar-refractivity contribution in [3.05, 3.63) is 65.7 Å². The van der Waals surface area contributed by atoms with Crippen molar-refractivity contribution < 1.29 is 19.1 Å². The Hall–Kier alpha value is -3.15. The molecule has 2 aromatic carbocycles. The summed E-state index contributed by atoms with van der Waals surface area (Å²) in [6, 6.07) is 16.0. The van der Waals surface area contributed by atoms with E-state index in [2.05, 4.69) is 5.32 Å². The normalized spacial score (nSPS) is 17.3. The Morgan fingerprint density at radius 1 is 1.07 bits per heavy atom. The number of rotatable bonds is 6. The predicted octanol–water partition coefficient (Wildman–Crippen LogP) is 2.99. The topological polar surface area (TPSA) is 75.7 Å². The molecule has 1 heterocycles. The highest BCUT2D eigenvalue weighted by Crippen LogP contribution is 2.26. The van der Waals surface area contributed by atoms with Crippen LogP contribution in [0.25, 0.3) is 0 Å². The lowest BCUT2D eigenvalue weighted by molar-refractivity contribution is -0.130. The quantitative estimate of drug-likeness (QED) is 0.784. The van der Waals surface area contributed by atoms with Crippen molar-refractivity contribution in [2.24, 2.45) is 0 Å². The second-order valence-corrected chi connectivity index (χ2v) is 7.18. The van der Waals surface area contributed by atoms with E-state index in [0.29, 0.717) is 29.8 Å². The van der Waals surface area contributed by atoms with Gasteiger partial charge in [-0.05, 0) is 37.5 Å². The van der Waals surface area contributed by atoms with Crippen LogP contribution in [0.3, 0.4) is 0 Å². The Labute approximate surface area is 163 Å². The lowest BCUT2D eigenvalue weighted by atomic mass is 10.1. The van der Waals surface area contributed by atoms with Gasteiger partial charge in [0.2, 0.25) is 12.0 Å². The van der Waals surface area contributed by atoms with Crippen LogP contribution in [0.2, 0.25) is 0 Å². The van der Waals surface area contributed by atoms with Crippen molar-refractivity contribution in [1.82, 2.24) is 5.32 Å². The van der Waals surface area contributed by atoms with Crippen molar-refractivity contribution >= 4 is 23.5 Å². The summed E-state index contributed by atoms with van der Waals surface area (Å²) in [5, 5.41) is 2.90. The zero-order chi connectivity index (χ0) is 19.5. The van der Waals surface area contributed by atoms with Crippen LogP contribution in [-0.4, -0.2) is 30.4 Å². The zero-order valence-corrected chi connectivity index (χ0v) is 15.5. The number of anilines is 1. The molecule has 1 aliphatic heterocycles. The number of hydrogen-bond acceptors (Lipinski definition) is 4. The maximum atomic E-state index is 12.8. The number of nitrogens with one attached hydrogen (secondary N) is 1. The number of ether oxygens (including phenoxy) is 1. The number of carbonyl (C=O) groups is 3. The van der Waals surface area contributed by atoms with Crippen molar-refractivity contribution in [3.8, 4) is 0 Å². The molecule has 1 saturated heterocycles. The van der Waals surface area contributed by atoms with Gasteiger partial charge >= 0.3 is 5.97 Å².